The van der Waals surface area contributed by atoms with Gasteiger partial charge in [0.2, 0.25) is 5.91 Å². The number of aromatic nitrogens is 2. The summed E-state index contributed by atoms with van der Waals surface area (Å²) in [6.07, 6.45) is 5.75. The lowest BCUT2D eigenvalue weighted by atomic mass is 9.70. The highest BCUT2D eigenvalue weighted by Crippen LogP contribution is 2.38. The Hall–Kier alpha value is -1.36. The minimum atomic E-state index is -0.357. The number of nitrogens with two attached hydrogens (primary N) is 1. The molecule has 1 saturated carbocycles. The van der Waals surface area contributed by atoms with Crippen LogP contribution in [0.4, 0.5) is 0 Å². The van der Waals surface area contributed by atoms with E-state index < -0.39 is 0 Å². The number of aryl methyl sites for hydroxylation is 1. The Bertz CT molecular complexity index is 432. The number of nitrogens with zero attached hydrogens (tertiary/aromatic N) is 1. The Morgan fingerprint density at radius 2 is 2.26 bits per heavy atom. The lowest BCUT2D eigenvalue weighted by molar-refractivity contribution is -0.133. The molecule has 2 rings (SSSR count). The maximum absolute atomic E-state index is 12.4. The highest BCUT2D eigenvalue weighted by atomic mass is 16.2. The zero-order valence-electron chi connectivity index (χ0n) is 11.8. The molecule has 0 spiro atoms. The molecule has 4 N–H and O–H groups in total. The fourth-order valence-electron chi connectivity index (χ4n) is 2.76. The second kappa shape index (κ2) is 5.74. The van der Waals surface area contributed by atoms with Crippen molar-refractivity contribution in [2.45, 2.75) is 46.1 Å². The van der Waals surface area contributed by atoms with Gasteiger partial charge in [0.25, 0.3) is 0 Å². The van der Waals surface area contributed by atoms with Crippen molar-refractivity contribution in [2.75, 3.05) is 6.54 Å². The molecule has 0 atom stereocenters. The van der Waals surface area contributed by atoms with Crippen molar-refractivity contribution in [1.29, 1.82) is 0 Å². The lowest BCUT2D eigenvalue weighted by Gasteiger charge is -2.37. The number of carbonyl (C=O) groups is 1. The van der Waals surface area contributed by atoms with Crippen LogP contribution in [0.25, 0.3) is 0 Å². The Morgan fingerprint density at radius 1 is 1.58 bits per heavy atom. The zero-order valence-corrected chi connectivity index (χ0v) is 11.8. The van der Waals surface area contributed by atoms with E-state index in [-0.39, 0.29) is 11.3 Å². The van der Waals surface area contributed by atoms with E-state index in [9.17, 15) is 4.79 Å². The number of amides is 1. The van der Waals surface area contributed by atoms with Gasteiger partial charge in [-0.3, -0.25) is 9.89 Å². The molecule has 0 aliphatic heterocycles. The third-order valence-corrected chi connectivity index (χ3v) is 4.48. The molecule has 1 fully saturated rings. The highest BCUT2D eigenvalue weighted by Gasteiger charge is 2.39. The number of aromatic amines is 1. The van der Waals surface area contributed by atoms with Crippen LogP contribution >= 0.6 is 0 Å². The SMILES string of the molecule is Cc1[nH]ncc1CNC(=O)C1(CN)CCC(C)CC1. The predicted octanol–water partition coefficient (Wildman–Crippen LogP) is 1.49. The number of hydrogen-bond acceptors (Lipinski definition) is 3. The van der Waals surface area contributed by atoms with Gasteiger partial charge in [0.1, 0.15) is 0 Å². The van der Waals surface area contributed by atoms with Crippen LogP contribution in [-0.2, 0) is 11.3 Å². The Labute approximate surface area is 114 Å². The average Bonchev–Trinajstić information content (AvgIpc) is 2.83. The van der Waals surface area contributed by atoms with E-state index in [1.54, 1.807) is 6.20 Å². The summed E-state index contributed by atoms with van der Waals surface area (Å²) in [5.74, 6) is 0.811. The quantitative estimate of drug-likeness (QED) is 0.770. The fraction of sp³-hybridized carbons (Fsp3) is 0.714. The zero-order chi connectivity index (χ0) is 13.9. The molecule has 1 heterocycles. The molecule has 1 aromatic heterocycles. The summed E-state index contributed by atoms with van der Waals surface area (Å²) in [5.41, 5.74) is 7.56. The van der Waals surface area contributed by atoms with Gasteiger partial charge in [0.05, 0.1) is 11.6 Å². The molecule has 106 valence electrons. The molecule has 1 aliphatic rings. The first-order valence-corrected chi connectivity index (χ1v) is 7.04. The number of H-pyrrole nitrogens is 1. The number of carbonyl (C=O) groups excluding carboxylic acids is 1. The maximum atomic E-state index is 12.4. The van der Waals surface area contributed by atoms with E-state index >= 15 is 0 Å². The molecule has 0 radical (unpaired) electrons. The first kappa shape index (κ1) is 14.1. The normalized spacial score (nSPS) is 27.2. The van der Waals surface area contributed by atoms with Crippen molar-refractivity contribution in [3.05, 3.63) is 17.5 Å². The molecule has 0 aromatic carbocycles. The van der Waals surface area contributed by atoms with Crippen LogP contribution in [0.5, 0.6) is 0 Å². The molecule has 5 heteroatoms. The molecule has 1 aliphatic carbocycles. The Balaban J connectivity index is 1.96. The van der Waals surface area contributed by atoms with Crippen molar-refractivity contribution in [1.82, 2.24) is 15.5 Å². The molecule has 0 bridgehead atoms. The average molecular weight is 264 g/mol. The first-order valence-electron chi connectivity index (χ1n) is 7.04. The number of hydrogen-bond donors (Lipinski definition) is 3. The van der Waals surface area contributed by atoms with Gasteiger partial charge >= 0.3 is 0 Å². The molecular formula is C14H24N4O. The first-order chi connectivity index (χ1) is 9.07. The van der Waals surface area contributed by atoms with E-state index in [1.807, 2.05) is 6.92 Å². The van der Waals surface area contributed by atoms with E-state index in [4.69, 9.17) is 5.73 Å². The number of nitrogens with one attached hydrogen (secondary N) is 2. The monoisotopic (exact) mass is 264 g/mol. The van der Waals surface area contributed by atoms with Crippen LogP contribution in [-0.4, -0.2) is 22.6 Å². The van der Waals surface area contributed by atoms with Crippen molar-refractivity contribution >= 4 is 5.91 Å². The third-order valence-electron chi connectivity index (χ3n) is 4.48. The van der Waals surface area contributed by atoms with Gasteiger partial charge in [0.15, 0.2) is 0 Å². The van der Waals surface area contributed by atoms with Crippen LogP contribution < -0.4 is 11.1 Å². The third kappa shape index (κ3) is 2.97. The van der Waals surface area contributed by atoms with E-state index in [2.05, 4.69) is 22.4 Å². The predicted molar refractivity (Wildman–Crippen MR) is 74.3 cm³/mol. The highest BCUT2D eigenvalue weighted by molar-refractivity contribution is 5.83. The minimum Gasteiger partial charge on any atom is -0.351 e. The van der Waals surface area contributed by atoms with Crippen LogP contribution in [0.2, 0.25) is 0 Å². The smallest absolute Gasteiger partial charge is 0.227 e. The van der Waals surface area contributed by atoms with E-state index in [0.29, 0.717) is 19.0 Å². The van der Waals surface area contributed by atoms with Crippen LogP contribution in [0.1, 0.15) is 43.9 Å². The lowest BCUT2D eigenvalue weighted by Crippen LogP contribution is -2.47. The summed E-state index contributed by atoms with van der Waals surface area (Å²) in [4.78, 5) is 12.4. The summed E-state index contributed by atoms with van der Waals surface area (Å²) in [6, 6.07) is 0. The van der Waals surface area contributed by atoms with Crippen molar-refractivity contribution < 1.29 is 4.79 Å². The molecule has 1 amide bonds. The summed E-state index contributed by atoms with van der Waals surface area (Å²) >= 11 is 0. The van der Waals surface area contributed by atoms with Gasteiger partial charge in [0, 0.05) is 24.3 Å². The van der Waals surface area contributed by atoms with E-state index in [0.717, 1.165) is 36.9 Å². The summed E-state index contributed by atoms with van der Waals surface area (Å²) < 4.78 is 0. The second-order valence-corrected chi connectivity index (χ2v) is 5.87. The van der Waals surface area contributed by atoms with Crippen molar-refractivity contribution in [2.24, 2.45) is 17.1 Å². The molecule has 0 unspecified atom stereocenters. The molecular weight excluding hydrogens is 240 g/mol. The van der Waals surface area contributed by atoms with Crippen LogP contribution in [0.3, 0.4) is 0 Å². The summed E-state index contributed by atoms with van der Waals surface area (Å²) in [7, 11) is 0. The Morgan fingerprint density at radius 3 is 2.79 bits per heavy atom. The van der Waals surface area contributed by atoms with Gasteiger partial charge in [-0.1, -0.05) is 6.92 Å². The van der Waals surface area contributed by atoms with Gasteiger partial charge < -0.3 is 11.1 Å². The molecule has 5 nitrogen and oxygen atoms in total. The van der Waals surface area contributed by atoms with Crippen molar-refractivity contribution in [3.8, 4) is 0 Å². The minimum absolute atomic E-state index is 0.0995. The topological polar surface area (TPSA) is 83.8 Å². The van der Waals surface area contributed by atoms with Gasteiger partial charge in [-0.05, 0) is 38.5 Å². The van der Waals surface area contributed by atoms with Gasteiger partial charge in [-0.2, -0.15) is 5.10 Å². The summed E-state index contributed by atoms with van der Waals surface area (Å²) in [5, 5.41) is 9.86. The number of rotatable bonds is 4. The van der Waals surface area contributed by atoms with Crippen molar-refractivity contribution in [3.63, 3.8) is 0 Å². The van der Waals surface area contributed by atoms with Gasteiger partial charge in [-0.15, -0.1) is 0 Å². The fourth-order valence-corrected chi connectivity index (χ4v) is 2.76. The molecule has 0 saturated heterocycles. The van der Waals surface area contributed by atoms with E-state index in [1.165, 1.54) is 0 Å². The maximum Gasteiger partial charge on any atom is 0.227 e. The molecule has 19 heavy (non-hydrogen) atoms. The summed E-state index contributed by atoms with van der Waals surface area (Å²) in [6.45, 7) is 5.16. The van der Waals surface area contributed by atoms with Gasteiger partial charge in [-0.25, -0.2) is 0 Å². The largest absolute Gasteiger partial charge is 0.351 e. The Kier molecular flexibility index (Phi) is 4.24. The van der Waals surface area contributed by atoms with Crippen LogP contribution in [0, 0.1) is 18.3 Å². The standard InChI is InChI=1S/C14H24N4O/c1-10-3-5-14(9-15,6-4-10)13(19)16-7-12-8-17-18-11(12)2/h8,10H,3-7,9,15H2,1-2H3,(H,16,19)(H,17,18). The molecule has 1 aromatic rings. The van der Waals surface area contributed by atoms with Crippen LogP contribution in [0.15, 0.2) is 6.20 Å². The second-order valence-electron chi connectivity index (χ2n) is 5.87.